The van der Waals surface area contributed by atoms with Crippen LogP contribution >= 0.6 is 35.3 Å². The van der Waals surface area contributed by atoms with E-state index in [4.69, 9.17) is 4.74 Å². The van der Waals surface area contributed by atoms with Crippen LogP contribution in [0.1, 0.15) is 30.9 Å². The lowest BCUT2D eigenvalue weighted by Gasteiger charge is -2.15. The Bertz CT molecular complexity index is 857. The minimum Gasteiger partial charge on any atom is -0.383 e. The van der Waals surface area contributed by atoms with Gasteiger partial charge < -0.3 is 15.4 Å². The number of nitrogens with zero attached hydrogens (tertiary/aromatic N) is 1. The van der Waals surface area contributed by atoms with Crippen LogP contribution in [-0.2, 0) is 21.3 Å². The van der Waals surface area contributed by atoms with Crippen molar-refractivity contribution in [1.29, 1.82) is 0 Å². The first-order chi connectivity index (χ1) is 14.0. The number of halogens is 1. The van der Waals surface area contributed by atoms with Crippen molar-refractivity contribution in [3.05, 3.63) is 52.2 Å². The summed E-state index contributed by atoms with van der Waals surface area (Å²) >= 11 is 1.70. The molecule has 0 aliphatic carbocycles. The molecule has 7 nitrogen and oxygen atoms in total. The molecule has 1 atom stereocenters. The fourth-order valence-corrected chi connectivity index (χ4v) is 4.37. The molecular weight excluding hydrogens is 535 g/mol. The molecule has 3 N–H and O–H groups in total. The Balaban J connectivity index is 0.00000450. The van der Waals surface area contributed by atoms with Crippen molar-refractivity contribution in [2.75, 3.05) is 33.4 Å². The highest BCUT2D eigenvalue weighted by atomic mass is 127. The van der Waals surface area contributed by atoms with Crippen LogP contribution in [0.2, 0.25) is 0 Å². The number of rotatable bonds is 11. The van der Waals surface area contributed by atoms with Crippen molar-refractivity contribution in [1.82, 2.24) is 15.4 Å². The number of ether oxygens (including phenoxy) is 1. The topological polar surface area (TPSA) is 91.8 Å². The maximum atomic E-state index is 12.2. The Kier molecular flexibility index (Phi) is 12.5. The van der Waals surface area contributed by atoms with Crippen LogP contribution in [0.5, 0.6) is 0 Å². The lowest BCUT2D eigenvalue weighted by Crippen LogP contribution is -2.39. The van der Waals surface area contributed by atoms with E-state index in [1.165, 1.54) is 12.7 Å². The molecule has 0 spiro atoms. The summed E-state index contributed by atoms with van der Waals surface area (Å²) in [5.74, 6) is 1.13. The Morgan fingerprint density at radius 1 is 1.20 bits per heavy atom. The van der Waals surface area contributed by atoms with Gasteiger partial charge >= 0.3 is 0 Å². The van der Waals surface area contributed by atoms with Crippen LogP contribution in [0.15, 0.2) is 51.0 Å². The number of hydrogen-bond donors (Lipinski definition) is 3. The van der Waals surface area contributed by atoms with E-state index in [-0.39, 0.29) is 35.4 Å². The van der Waals surface area contributed by atoms with Gasteiger partial charge in [-0.3, -0.25) is 0 Å². The second kappa shape index (κ2) is 14.0. The molecule has 1 aromatic carbocycles. The van der Waals surface area contributed by atoms with Crippen molar-refractivity contribution in [3.8, 4) is 0 Å². The lowest BCUT2D eigenvalue weighted by atomic mass is 10.1. The minimum absolute atomic E-state index is 0. The highest BCUT2D eigenvalue weighted by molar-refractivity contribution is 14.0. The zero-order valence-corrected chi connectivity index (χ0v) is 21.5. The van der Waals surface area contributed by atoms with E-state index in [2.05, 4.69) is 44.1 Å². The molecule has 0 saturated carbocycles. The van der Waals surface area contributed by atoms with Gasteiger partial charge in [0.15, 0.2) is 5.96 Å². The maximum absolute atomic E-state index is 12.2. The first-order valence-corrected chi connectivity index (χ1v) is 12.0. The van der Waals surface area contributed by atoms with Crippen LogP contribution in [-0.4, -0.2) is 47.7 Å². The van der Waals surface area contributed by atoms with E-state index in [0.717, 1.165) is 24.6 Å². The van der Waals surface area contributed by atoms with E-state index >= 15 is 0 Å². The molecule has 0 saturated heterocycles. The maximum Gasteiger partial charge on any atom is 0.240 e. The van der Waals surface area contributed by atoms with E-state index in [1.807, 2.05) is 6.92 Å². The number of aliphatic imine (C=N–C) groups is 1. The predicted molar refractivity (Wildman–Crippen MR) is 134 cm³/mol. The highest BCUT2D eigenvalue weighted by Crippen LogP contribution is 2.17. The fourth-order valence-electron chi connectivity index (χ4n) is 2.57. The van der Waals surface area contributed by atoms with Crippen LogP contribution in [0.3, 0.4) is 0 Å². The monoisotopic (exact) mass is 566 g/mol. The number of methoxy groups -OCH3 is 1. The minimum atomic E-state index is -3.52. The molecule has 2 rings (SSSR count). The normalized spacial score (nSPS) is 12.8. The van der Waals surface area contributed by atoms with Gasteiger partial charge in [-0.1, -0.05) is 19.1 Å². The van der Waals surface area contributed by atoms with Gasteiger partial charge in [-0.15, -0.1) is 24.0 Å². The molecule has 2 aromatic rings. The first-order valence-electron chi connectivity index (χ1n) is 9.58. The summed E-state index contributed by atoms with van der Waals surface area (Å²) in [4.78, 5) is 4.84. The first kappa shape index (κ1) is 26.8. The van der Waals surface area contributed by atoms with E-state index < -0.39 is 10.0 Å². The smallest absolute Gasteiger partial charge is 0.240 e. The number of sulfonamides is 1. The van der Waals surface area contributed by atoms with Crippen LogP contribution in [0, 0.1) is 0 Å². The van der Waals surface area contributed by atoms with Gasteiger partial charge in [-0.05, 0) is 52.9 Å². The second-order valence-corrected chi connectivity index (χ2v) is 9.12. The fraction of sp³-hybridized carbons (Fsp3) is 0.450. The molecule has 0 fully saturated rings. The molecule has 0 bridgehead atoms. The largest absolute Gasteiger partial charge is 0.383 e. The number of thiophene rings is 1. The number of benzene rings is 1. The van der Waals surface area contributed by atoms with E-state index in [1.54, 1.807) is 35.6 Å². The Hall–Kier alpha value is -1.21. The molecule has 30 heavy (non-hydrogen) atoms. The van der Waals surface area contributed by atoms with Crippen molar-refractivity contribution in [2.45, 2.75) is 31.2 Å². The van der Waals surface area contributed by atoms with Gasteiger partial charge in [-0.2, -0.15) is 11.3 Å². The van der Waals surface area contributed by atoms with Gasteiger partial charge in [-0.25, -0.2) is 18.1 Å². The second-order valence-electron chi connectivity index (χ2n) is 6.57. The molecule has 168 valence electrons. The SMILES string of the molecule is CCNC(=NCc1ccc(S(=O)(=O)NCCOC)cc1)NCC(C)c1ccsc1.I. The molecule has 0 amide bonds. The zero-order valence-electron chi connectivity index (χ0n) is 17.6. The van der Waals surface area contributed by atoms with Crippen molar-refractivity contribution in [3.63, 3.8) is 0 Å². The van der Waals surface area contributed by atoms with E-state index in [9.17, 15) is 8.42 Å². The molecule has 0 aliphatic heterocycles. The molecule has 0 aliphatic rings. The van der Waals surface area contributed by atoms with Gasteiger partial charge in [0.25, 0.3) is 0 Å². The quantitative estimate of drug-likeness (QED) is 0.168. The van der Waals surface area contributed by atoms with Crippen LogP contribution in [0.4, 0.5) is 0 Å². The summed E-state index contributed by atoms with van der Waals surface area (Å²) in [6, 6.07) is 8.90. The Morgan fingerprint density at radius 3 is 2.53 bits per heavy atom. The Labute approximate surface area is 200 Å². The molecule has 0 radical (unpaired) electrons. The number of guanidine groups is 1. The zero-order chi connectivity index (χ0) is 21.1. The van der Waals surface area contributed by atoms with Crippen molar-refractivity contribution in [2.24, 2.45) is 4.99 Å². The average molecular weight is 567 g/mol. The summed E-state index contributed by atoms with van der Waals surface area (Å²) in [7, 11) is -1.99. The summed E-state index contributed by atoms with van der Waals surface area (Å²) < 4.78 is 31.8. The lowest BCUT2D eigenvalue weighted by molar-refractivity contribution is 0.204. The molecule has 10 heteroatoms. The number of hydrogen-bond acceptors (Lipinski definition) is 5. The summed E-state index contributed by atoms with van der Waals surface area (Å²) in [5.41, 5.74) is 2.25. The molecule has 1 unspecified atom stereocenters. The average Bonchev–Trinajstić information content (AvgIpc) is 3.25. The standard InChI is InChI=1S/C20H30N4O3S2.HI/c1-4-21-20(22-13-16(2)18-9-12-28-15-18)23-14-17-5-7-19(8-6-17)29(25,26)24-10-11-27-3;/h5-9,12,15-16,24H,4,10-11,13-14H2,1-3H3,(H2,21,22,23);1H. The highest BCUT2D eigenvalue weighted by Gasteiger charge is 2.13. The third-order valence-electron chi connectivity index (χ3n) is 4.28. The summed E-state index contributed by atoms with van der Waals surface area (Å²) in [5, 5.41) is 10.9. The van der Waals surface area contributed by atoms with E-state index in [0.29, 0.717) is 19.1 Å². The van der Waals surface area contributed by atoms with Crippen molar-refractivity contribution >= 4 is 51.3 Å². The summed E-state index contributed by atoms with van der Waals surface area (Å²) in [6.45, 7) is 6.79. The molecular formula is C20H31IN4O3S2. The predicted octanol–water partition coefficient (Wildman–Crippen LogP) is 3.15. The summed E-state index contributed by atoms with van der Waals surface area (Å²) in [6.07, 6.45) is 0. The molecule has 1 aromatic heterocycles. The van der Waals surface area contributed by atoms with Gasteiger partial charge in [0.05, 0.1) is 18.0 Å². The van der Waals surface area contributed by atoms with Crippen LogP contribution in [0.25, 0.3) is 0 Å². The van der Waals surface area contributed by atoms with Gasteiger partial charge in [0, 0.05) is 26.7 Å². The van der Waals surface area contributed by atoms with Crippen LogP contribution < -0.4 is 15.4 Å². The number of nitrogens with one attached hydrogen (secondary N) is 3. The van der Waals surface area contributed by atoms with Gasteiger partial charge in [0.2, 0.25) is 10.0 Å². The Morgan fingerprint density at radius 2 is 1.93 bits per heavy atom. The van der Waals surface area contributed by atoms with Gasteiger partial charge in [0.1, 0.15) is 0 Å². The third-order valence-corrected chi connectivity index (χ3v) is 6.46. The van der Waals surface area contributed by atoms with Crippen molar-refractivity contribution < 1.29 is 13.2 Å². The molecule has 1 heterocycles. The third kappa shape index (κ3) is 8.88.